The zero-order chi connectivity index (χ0) is 19.3. The van der Waals surface area contributed by atoms with Gasteiger partial charge in [-0.2, -0.15) is 0 Å². The molecule has 1 aromatic rings. The van der Waals surface area contributed by atoms with E-state index in [0.717, 1.165) is 25.7 Å². The van der Waals surface area contributed by atoms with Gasteiger partial charge < -0.3 is 4.74 Å². The van der Waals surface area contributed by atoms with Crippen LogP contribution < -0.4 is 0 Å². The third-order valence-electron chi connectivity index (χ3n) is 4.22. The molecule has 0 amide bonds. The maximum atomic E-state index is 11.2. The Morgan fingerprint density at radius 1 is 0.962 bits per heavy atom. The van der Waals surface area contributed by atoms with E-state index in [1.54, 1.807) is 0 Å². The minimum atomic E-state index is -0.0486. The van der Waals surface area contributed by atoms with Crippen LogP contribution in [0.3, 0.4) is 0 Å². The molecule has 26 heavy (non-hydrogen) atoms. The van der Waals surface area contributed by atoms with E-state index >= 15 is 0 Å². The molecule has 0 unspecified atom stereocenters. The lowest BCUT2D eigenvalue weighted by molar-refractivity contribution is -0.143. The Bertz CT molecular complexity index is 492. The first-order valence-corrected chi connectivity index (χ1v) is 12.4. The second kappa shape index (κ2) is 13.5. The molecular formula is C22H36O2S2. The predicted molar refractivity (Wildman–Crippen MR) is 118 cm³/mol. The summed E-state index contributed by atoms with van der Waals surface area (Å²) in [5, 5.41) is 0. The molecule has 0 saturated carbocycles. The average Bonchev–Trinajstić information content (AvgIpc) is 2.59. The van der Waals surface area contributed by atoms with Gasteiger partial charge in [-0.25, -0.2) is 0 Å². The molecule has 1 rings (SSSR count). The van der Waals surface area contributed by atoms with Gasteiger partial charge in [-0.3, -0.25) is 4.79 Å². The number of hydrogen-bond donors (Lipinski definition) is 0. The summed E-state index contributed by atoms with van der Waals surface area (Å²) >= 11 is 0. The van der Waals surface area contributed by atoms with Gasteiger partial charge in [0.15, 0.2) is 0 Å². The lowest BCUT2D eigenvalue weighted by atomic mass is 9.86. The van der Waals surface area contributed by atoms with Crippen molar-refractivity contribution in [2.75, 3.05) is 18.1 Å². The van der Waals surface area contributed by atoms with Gasteiger partial charge in [0.25, 0.3) is 0 Å². The quantitative estimate of drug-likeness (QED) is 0.208. The van der Waals surface area contributed by atoms with E-state index in [4.69, 9.17) is 4.74 Å². The van der Waals surface area contributed by atoms with Gasteiger partial charge in [-0.15, -0.1) is 0 Å². The van der Waals surface area contributed by atoms with Crippen molar-refractivity contribution in [2.24, 2.45) is 0 Å². The van der Waals surface area contributed by atoms with E-state index in [2.05, 4.69) is 45.0 Å². The number of esters is 1. The SMILES string of the molecule is CCCC(=O)OCCCCCCSSCCc1ccc(C(C)(C)C)cc1. The van der Waals surface area contributed by atoms with Crippen LogP contribution in [0.5, 0.6) is 0 Å². The highest BCUT2D eigenvalue weighted by Crippen LogP contribution is 2.25. The van der Waals surface area contributed by atoms with E-state index < -0.39 is 0 Å². The summed E-state index contributed by atoms with van der Waals surface area (Å²) < 4.78 is 5.16. The highest BCUT2D eigenvalue weighted by atomic mass is 33.1. The smallest absolute Gasteiger partial charge is 0.305 e. The Morgan fingerprint density at radius 2 is 1.62 bits per heavy atom. The summed E-state index contributed by atoms with van der Waals surface area (Å²) in [4.78, 5) is 11.2. The zero-order valence-electron chi connectivity index (χ0n) is 17.0. The summed E-state index contributed by atoms with van der Waals surface area (Å²) in [5.74, 6) is 2.34. The molecule has 0 bridgehead atoms. The minimum absolute atomic E-state index is 0.0486. The number of rotatable bonds is 13. The van der Waals surface area contributed by atoms with Gasteiger partial charge in [-0.05, 0) is 42.2 Å². The fourth-order valence-electron chi connectivity index (χ4n) is 2.53. The molecule has 0 aromatic heterocycles. The first kappa shape index (κ1) is 23.4. The zero-order valence-corrected chi connectivity index (χ0v) is 18.6. The van der Waals surface area contributed by atoms with Crippen molar-refractivity contribution < 1.29 is 9.53 Å². The van der Waals surface area contributed by atoms with Crippen LogP contribution in [0.2, 0.25) is 0 Å². The highest BCUT2D eigenvalue weighted by molar-refractivity contribution is 8.76. The highest BCUT2D eigenvalue weighted by Gasteiger charge is 2.12. The molecule has 0 aliphatic heterocycles. The van der Waals surface area contributed by atoms with Crippen LogP contribution >= 0.6 is 21.6 Å². The van der Waals surface area contributed by atoms with Crippen molar-refractivity contribution in [3.8, 4) is 0 Å². The van der Waals surface area contributed by atoms with E-state index in [-0.39, 0.29) is 11.4 Å². The molecule has 0 spiro atoms. The first-order valence-electron chi connectivity index (χ1n) is 9.93. The number of hydrogen-bond acceptors (Lipinski definition) is 4. The minimum Gasteiger partial charge on any atom is -0.466 e. The average molecular weight is 397 g/mol. The molecule has 0 saturated heterocycles. The number of benzene rings is 1. The lowest BCUT2D eigenvalue weighted by Gasteiger charge is -2.19. The van der Waals surface area contributed by atoms with Crippen molar-refractivity contribution in [2.45, 2.75) is 78.1 Å². The number of ether oxygens (including phenoxy) is 1. The topological polar surface area (TPSA) is 26.3 Å². The molecule has 0 heterocycles. The van der Waals surface area contributed by atoms with Crippen molar-refractivity contribution in [1.29, 1.82) is 0 Å². The summed E-state index contributed by atoms with van der Waals surface area (Å²) in [6, 6.07) is 9.09. The van der Waals surface area contributed by atoms with Gasteiger partial charge in [-0.1, -0.05) is 86.4 Å². The first-order chi connectivity index (χ1) is 12.4. The van der Waals surface area contributed by atoms with E-state index in [1.807, 2.05) is 28.5 Å². The van der Waals surface area contributed by atoms with Gasteiger partial charge >= 0.3 is 5.97 Å². The lowest BCUT2D eigenvalue weighted by Crippen LogP contribution is -2.10. The van der Waals surface area contributed by atoms with Gasteiger partial charge in [0, 0.05) is 17.9 Å². The number of carbonyl (C=O) groups is 1. The fourth-order valence-corrected chi connectivity index (χ4v) is 4.72. The second-order valence-corrected chi connectivity index (χ2v) is 10.4. The second-order valence-electron chi connectivity index (χ2n) is 7.73. The van der Waals surface area contributed by atoms with E-state index in [0.29, 0.717) is 13.0 Å². The van der Waals surface area contributed by atoms with Crippen LogP contribution in [0, 0.1) is 0 Å². The molecular weight excluding hydrogens is 360 g/mol. The molecule has 2 nitrogen and oxygen atoms in total. The Hall–Kier alpha value is -0.610. The molecule has 0 fully saturated rings. The Balaban J connectivity index is 1.94. The van der Waals surface area contributed by atoms with Crippen molar-refractivity contribution in [1.82, 2.24) is 0 Å². The monoisotopic (exact) mass is 396 g/mol. The van der Waals surface area contributed by atoms with Crippen LogP contribution in [0.15, 0.2) is 24.3 Å². The van der Waals surface area contributed by atoms with Gasteiger partial charge in [0.2, 0.25) is 0 Å². The maximum Gasteiger partial charge on any atom is 0.305 e. The van der Waals surface area contributed by atoms with Crippen LogP contribution in [0.25, 0.3) is 0 Å². The molecule has 148 valence electrons. The molecule has 0 aliphatic carbocycles. The normalized spacial score (nSPS) is 11.5. The number of unbranched alkanes of at least 4 members (excludes halogenated alkanes) is 3. The largest absolute Gasteiger partial charge is 0.466 e. The van der Waals surface area contributed by atoms with Crippen LogP contribution in [-0.4, -0.2) is 24.1 Å². The summed E-state index contributed by atoms with van der Waals surface area (Å²) in [5.41, 5.74) is 3.08. The number of aryl methyl sites for hydroxylation is 1. The number of carbonyl (C=O) groups excluding carboxylic acids is 1. The fraction of sp³-hybridized carbons (Fsp3) is 0.682. The third kappa shape index (κ3) is 11.2. The van der Waals surface area contributed by atoms with Gasteiger partial charge in [0.05, 0.1) is 6.61 Å². The molecule has 0 atom stereocenters. The molecule has 0 radical (unpaired) electrons. The summed E-state index contributed by atoms with van der Waals surface area (Å²) in [6.45, 7) is 9.36. The predicted octanol–water partition coefficient (Wildman–Crippen LogP) is 6.81. The molecule has 4 heteroatoms. The molecule has 0 N–H and O–H groups in total. The van der Waals surface area contributed by atoms with E-state index in [9.17, 15) is 4.79 Å². The van der Waals surface area contributed by atoms with E-state index in [1.165, 1.54) is 35.5 Å². The Kier molecular flexibility index (Phi) is 12.2. The molecule has 1 aromatic carbocycles. The van der Waals surface area contributed by atoms with Crippen molar-refractivity contribution in [3.63, 3.8) is 0 Å². The standard InChI is InChI=1S/C22H36O2S2/c1-5-10-21(23)24-16-8-6-7-9-17-25-26-18-15-19-11-13-20(14-12-19)22(2,3)4/h11-14H,5-10,15-18H2,1-4H3. The van der Waals surface area contributed by atoms with Crippen LogP contribution in [0.4, 0.5) is 0 Å². The van der Waals surface area contributed by atoms with Gasteiger partial charge in [0.1, 0.15) is 0 Å². The Labute approximate surface area is 168 Å². The van der Waals surface area contributed by atoms with Crippen LogP contribution in [-0.2, 0) is 21.4 Å². The Morgan fingerprint density at radius 3 is 2.27 bits per heavy atom. The summed E-state index contributed by atoms with van der Waals surface area (Å²) in [6.07, 6.45) is 7.20. The summed E-state index contributed by atoms with van der Waals surface area (Å²) in [7, 11) is 3.97. The molecule has 0 aliphatic rings. The maximum absolute atomic E-state index is 11.2. The van der Waals surface area contributed by atoms with Crippen molar-refractivity contribution in [3.05, 3.63) is 35.4 Å². The van der Waals surface area contributed by atoms with Crippen LogP contribution in [0.1, 0.15) is 77.3 Å². The third-order valence-corrected chi connectivity index (χ3v) is 6.71. The van der Waals surface area contributed by atoms with Crippen molar-refractivity contribution >= 4 is 27.6 Å².